The van der Waals surface area contributed by atoms with Crippen molar-refractivity contribution in [3.8, 4) is 0 Å². The van der Waals surface area contributed by atoms with Gasteiger partial charge in [-0.25, -0.2) is 0 Å². The molecular formula is C25H21F3N2O3. The van der Waals surface area contributed by atoms with Crippen molar-refractivity contribution in [1.82, 2.24) is 4.90 Å². The van der Waals surface area contributed by atoms with Crippen LogP contribution in [0, 0.1) is 13.8 Å². The third kappa shape index (κ3) is 4.08. The molecule has 3 aromatic carbocycles. The number of hydrogen-bond acceptors (Lipinski definition) is 3. The summed E-state index contributed by atoms with van der Waals surface area (Å²) in [6.07, 6.45) is -5.06. The Morgan fingerprint density at radius 1 is 0.939 bits per heavy atom. The van der Waals surface area contributed by atoms with E-state index in [1.807, 2.05) is 12.1 Å². The number of rotatable bonds is 5. The average molecular weight is 454 g/mol. The molecule has 3 aromatic rings. The van der Waals surface area contributed by atoms with Gasteiger partial charge in [0, 0.05) is 35.3 Å². The lowest BCUT2D eigenvalue weighted by atomic mass is 9.94. The van der Waals surface area contributed by atoms with Crippen molar-refractivity contribution in [2.24, 2.45) is 0 Å². The summed E-state index contributed by atoms with van der Waals surface area (Å²) in [5, 5.41) is 1.35. The van der Waals surface area contributed by atoms with Crippen LogP contribution >= 0.6 is 0 Å². The molecule has 5 nitrogen and oxygen atoms in total. The summed E-state index contributed by atoms with van der Waals surface area (Å²) in [5.41, 5.74) is 2.28. The molecule has 0 bridgehead atoms. The quantitative estimate of drug-likeness (QED) is 0.508. The Kier molecular flexibility index (Phi) is 5.69. The monoisotopic (exact) mass is 454 g/mol. The van der Waals surface area contributed by atoms with Gasteiger partial charge in [-0.05, 0) is 49.4 Å². The van der Waals surface area contributed by atoms with Crippen LogP contribution < -0.4 is 4.90 Å². The van der Waals surface area contributed by atoms with Crippen molar-refractivity contribution >= 4 is 34.2 Å². The first kappa shape index (κ1) is 22.5. The molecule has 0 spiro atoms. The molecule has 0 saturated heterocycles. The second-order valence-electron chi connectivity index (χ2n) is 8.07. The first-order valence-corrected chi connectivity index (χ1v) is 10.4. The van der Waals surface area contributed by atoms with Crippen LogP contribution in [0.4, 0.5) is 18.9 Å². The van der Waals surface area contributed by atoms with Gasteiger partial charge in [0.15, 0.2) is 0 Å². The fourth-order valence-corrected chi connectivity index (χ4v) is 4.26. The number of imide groups is 1. The molecule has 0 N–H and O–H groups in total. The summed E-state index contributed by atoms with van der Waals surface area (Å²) >= 11 is 0. The lowest BCUT2D eigenvalue weighted by molar-refractivity contribution is -0.170. The Hall–Kier alpha value is -3.68. The summed E-state index contributed by atoms with van der Waals surface area (Å²) < 4.78 is 39.9. The molecule has 1 heterocycles. The Labute approximate surface area is 188 Å². The zero-order valence-corrected chi connectivity index (χ0v) is 18.1. The molecule has 1 aliphatic rings. The molecule has 3 amide bonds. The summed E-state index contributed by atoms with van der Waals surface area (Å²) in [6.45, 7) is 3.02. The number of nitrogens with zero attached hydrogens (tertiary/aromatic N) is 2. The summed E-state index contributed by atoms with van der Waals surface area (Å²) in [4.78, 5) is 39.8. The van der Waals surface area contributed by atoms with Crippen molar-refractivity contribution in [3.05, 3.63) is 76.9 Å². The molecular weight excluding hydrogens is 433 g/mol. The molecule has 0 radical (unpaired) electrons. The fraction of sp³-hybridized carbons (Fsp3) is 0.240. The third-order valence-electron chi connectivity index (χ3n) is 5.75. The standard InChI is InChI=1S/C25H21F3N2O3/c1-15-10-11-20(16(2)14-15)29(24(33)25(26,27)28)12-5-13-30-22(31)18-8-3-6-17-7-4-9-19(21(17)18)23(30)32/h3-4,6-11,14H,5,12-13H2,1-2H3. The van der Waals surface area contributed by atoms with Crippen molar-refractivity contribution in [1.29, 1.82) is 0 Å². The van der Waals surface area contributed by atoms with E-state index in [4.69, 9.17) is 0 Å². The number of amides is 3. The Morgan fingerprint density at radius 2 is 1.55 bits per heavy atom. The highest BCUT2D eigenvalue weighted by atomic mass is 19.4. The fourth-order valence-electron chi connectivity index (χ4n) is 4.26. The number of carbonyl (C=O) groups excluding carboxylic acids is 3. The molecule has 0 aromatic heterocycles. The number of hydrogen-bond donors (Lipinski definition) is 0. The highest BCUT2D eigenvalue weighted by molar-refractivity contribution is 6.25. The summed E-state index contributed by atoms with van der Waals surface area (Å²) in [7, 11) is 0. The van der Waals surface area contributed by atoms with Crippen molar-refractivity contribution in [3.63, 3.8) is 0 Å². The minimum atomic E-state index is -5.05. The molecule has 170 valence electrons. The van der Waals surface area contributed by atoms with Gasteiger partial charge in [-0.2, -0.15) is 13.2 Å². The van der Waals surface area contributed by atoms with Crippen LogP contribution in [-0.4, -0.2) is 41.9 Å². The van der Waals surface area contributed by atoms with Crippen LogP contribution in [0.2, 0.25) is 0 Å². The maximum Gasteiger partial charge on any atom is 0.471 e. The van der Waals surface area contributed by atoms with Crippen molar-refractivity contribution in [2.75, 3.05) is 18.0 Å². The number of aryl methyl sites for hydroxylation is 2. The van der Waals surface area contributed by atoms with E-state index in [-0.39, 0.29) is 25.2 Å². The lowest BCUT2D eigenvalue weighted by Gasteiger charge is -2.29. The van der Waals surface area contributed by atoms with Crippen molar-refractivity contribution < 1.29 is 27.6 Å². The normalized spacial score (nSPS) is 13.5. The van der Waals surface area contributed by atoms with Crippen LogP contribution in [0.15, 0.2) is 54.6 Å². The van der Waals surface area contributed by atoms with E-state index < -0.39 is 23.9 Å². The van der Waals surface area contributed by atoms with Crippen LogP contribution in [-0.2, 0) is 4.79 Å². The summed E-state index contributed by atoms with van der Waals surface area (Å²) in [6, 6.07) is 15.1. The predicted molar refractivity (Wildman–Crippen MR) is 118 cm³/mol. The van der Waals surface area contributed by atoms with Gasteiger partial charge in [-0.1, -0.05) is 42.0 Å². The Balaban J connectivity index is 1.58. The first-order valence-electron chi connectivity index (χ1n) is 10.4. The van der Waals surface area contributed by atoms with E-state index in [1.54, 1.807) is 50.2 Å². The molecule has 0 atom stereocenters. The number of alkyl halides is 3. The van der Waals surface area contributed by atoms with Crippen LogP contribution in [0.3, 0.4) is 0 Å². The SMILES string of the molecule is Cc1ccc(N(CCCN2C(=O)c3cccc4cccc(c34)C2=O)C(=O)C(F)(F)F)c(C)c1. The molecule has 0 aliphatic carbocycles. The molecule has 33 heavy (non-hydrogen) atoms. The molecule has 4 rings (SSSR count). The van der Waals surface area contributed by atoms with Gasteiger partial charge < -0.3 is 4.90 Å². The van der Waals surface area contributed by atoms with Gasteiger partial charge in [-0.3, -0.25) is 19.3 Å². The number of halogens is 3. The highest BCUT2D eigenvalue weighted by Crippen LogP contribution is 2.31. The zero-order chi connectivity index (χ0) is 23.9. The second kappa shape index (κ2) is 8.35. The van der Waals surface area contributed by atoms with Crippen LogP contribution in [0.1, 0.15) is 38.3 Å². The molecule has 0 fully saturated rings. The zero-order valence-electron chi connectivity index (χ0n) is 18.1. The largest absolute Gasteiger partial charge is 0.471 e. The number of anilines is 1. The molecule has 1 aliphatic heterocycles. The average Bonchev–Trinajstić information content (AvgIpc) is 2.76. The smallest absolute Gasteiger partial charge is 0.304 e. The maximum absolute atomic E-state index is 13.3. The number of carbonyl (C=O) groups is 3. The van der Waals surface area contributed by atoms with Gasteiger partial charge >= 0.3 is 12.1 Å². The van der Waals surface area contributed by atoms with E-state index >= 15 is 0 Å². The van der Waals surface area contributed by atoms with E-state index in [9.17, 15) is 27.6 Å². The van der Waals surface area contributed by atoms with E-state index in [2.05, 4.69) is 0 Å². The van der Waals surface area contributed by atoms with Gasteiger partial charge in [-0.15, -0.1) is 0 Å². The minimum Gasteiger partial charge on any atom is -0.304 e. The van der Waals surface area contributed by atoms with E-state index in [0.29, 0.717) is 27.0 Å². The Morgan fingerprint density at radius 3 is 2.09 bits per heavy atom. The first-order chi connectivity index (χ1) is 15.6. The molecule has 8 heteroatoms. The van der Waals surface area contributed by atoms with E-state index in [0.717, 1.165) is 15.8 Å². The van der Waals surface area contributed by atoms with Crippen molar-refractivity contribution in [2.45, 2.75) is 26.4 Å². The highest BCUT2D eigenvalue weighted by Gasteiger charge is 2.43. The van der Waals surface area contributed by atoms with Gasteiger partial charge in [0.05, 0.1) is 0 Å². The predicted octanol–water partition coefficient (Wildman–Crippen LogP) is 5.04. The topological polar surface area (TPSA) is 57.7 Å². The molecule has 0 saturated carbocycles. The van der Waals surface area contributed by atoms with Crippen LogP contribution in [0.25, 0.3) is 10.8 Å². The van der Waals surface area contributed by atoms with Gasteiger partial charge in [0.25, 0.3) is 11.8 Å². The molecule has 0 unspecified atom stereocenters. The van der Waals surface area contributed by atoms with Crippen LogP contribution in [0.5, 0.6) is 0 Å². The van der Waals surface area contributed by atoms with E-state index in [1.165, 1.54) is 6.07 Å². The number of benzene rings is 3. The van der Waals surface area contributed by atoms with Gasteiger partial charge in [0.1, 0.15) is 0 Å². The van der Waals surface area contributed by atoms with Gasteiger partial charge in [0.2, 0.25) is 0 Å². The minimum absolute atomic E-state index is 0.00917. The Bertz CT molecular complexity index is 1230. The second-order valence-corrected chi connectivity index (χ2v) is 8.07. The maximum atomic E-state index is 13.3. The lowest BCUT2D eigenvalue weighted by Crippen LogP contribution is -2.45. The summed E-state index contributed by atoms with van der Waals surface area (Å²) in [5.74, 6) is -2.98. The third-order valence-corrected chi connectivity index (χ3v) is 5.75.